The molecule has 1 aromatic heterocycles. The lowest BCUT2D eigenvalue weighted by atomic mass is 10.1. The van der Waals surface area contributed by atoms with Gasteiger partial charge in [-0.1, -0.05) is 11.8 Å². The van der Waals surface area contributed by atoms with Gasteiger partial charge in [-0.25, -0.2) is 4.98 Å². The lowest BCUT2D eigenvalue weighted by molar-refractivity contribution is -0.147. The third-order valence-electron chi connectivity index (χ3n) is 2.57. The van der Waals surface area contributed by atoms with Crippen molar-refractivity contribution in [2.24, 2.45) is 5.92 Å². The Balaban J connectivity index is 2.07. The van der Waals surface area contributed by atoms with Gasteiger partial charge in [-0.05, 0) is 18.2 Å². The van der Waals surface area contributed by atoms with Gasteiger partial charge in [-0.3, -0.25) is 9.59 Å². The zero-order valence-electron chi connectivity index (χ0n) is 10.3. The van der Waals surface area contributed by atoms with Crippen LogP contribution in [0.25, 0.3) is 10.2 Å². The van der Waals surface area contributed by atoms with Crippen molar-refractivity contribution in [1.82, 2.24) is 4.98 Å². The molecule has 20 heavy (non-hydrogen) atoms. The summed E-state index contributed by atoms with van der Waals surface area (Å²) >= 11 is 2.67. The lowest BCUT2D eigenvalue weighted by Gasteiger charge is -2.07. The largest absolute Gasteiger partial charge is 0.481 e. The zero-order valence-corrected chi connectivity index (χ0v) is 11.9. The molecule has 0 aliphatic rings. The fourth-order valence-corrected chi connectivity index (χ4v) is 3.80. The summed E-state index contributed by atoms with van der Waals surface area (Å²) in [5, 5.41) is 17.6. The van der Waals surface area contributed by atoms with Crippen LogP contribution in [0.3, 0.4) is 0 Å². The minimum Gasteiger partial charge on any atom is -0.481 e. The van der Waals surface area contributed by atoms with E-state index in [9.17, 15) is 9.59 Å². The third kappa shape index (κ3) is 3.61. The summed E-state index contributed by atoms with van der Waals surface area (Å²) in [6.45, 7) is 0. The van der Waals surface area contributed by atoms with Crippen molar-refractivity contribution < 1.29 is 19.8 Å². The Labute approximate surface area is 122 Å². The van der Waals surface area contributed by atoms with Crippen LogP contribution >= 0.6 is 23.1 Å². The van der Waals surface area contributed by atoms with E-state index >= 15 is 0 Å². The van der Waals surface area contributed by atoms with Crippen LogP contribution in [0, 0.1) is 5.92 Å². The molecule has 4 N–H and O–H groups in total. The van der Waals surface area contributed by atoms with E-state index in [1.54, 1.807) is 12.1 Å². The molecule has 106 valence electrons. The molecular weight excluding hydrogens is 300 g/mol. The summed E-state index contributed by atoms with van der Waals surface area (Å²) in [5.74, 6) is -2.97. The van der Waals surface area contributed by atoms with Crippen molar-refractivity contribution in [3.05, 3.63) is 18.2 Å². The van der Waals surface area contributed by atoms with Gasteiger partial charge in [0, 0.05) is 11.4 Å². The van der Waals surface area contributed by atoms with E-state index in [4.69, 9.17) is 15.9 Å². The molecule has 0 fully saturated rings. The van der Waals surface area contributed by atoms with Crippen LogP contribution in [0.1, 0.15) is 6.42 Å². The highest BCUT2D eigenvalue weighted by atomic mass is 32.2. The second-order valence-corrected chi connectivity index (χ2v) is 6.45. The number of anilines is 1. The number of carbonyl (C=O) groups is 2. The Hall–Kier alpha value is -1.80. The van der Waals surface area contributed by atoms with Crippen LogP contribution in [0.15, 0.2) is 22.5 Å². The third-order valence-corrected chi connectivity index (χ3v) is 4.89. The van der Waals surface area contributed by atoms with Crippen molar-refractivity contribution in [3.63, 3.8) is 0 Å². The van der Waals surface area contributed by atoms with Crippen LogP contribution in [-0.2, 0) is 9.59 Å². The van der Waals surface area contributed by atoms with E-state index in [2.05, 4.69) is 4.98 Å². The smallest absolute Gasteiger partial charge is 0.307 e. The molecule has 1 unspecified atom stereocenters. The second-order valence-electron chi connectivity index (χ2n) is 4.15. The highest BCUT2D eigenvalue weighted by Gasteiger charge is 2.21. The minimum absolute atomic E-state index is 0.178. The molecule has 0 saturated heterocycles. The molecule has 0 radical (unpaired) electrons. The molecule has 0 aliphatic heterocycles. The lowest BCUT2D eigenvalue weighted by Crippen LogP contribution is -2.19. The fraction of sp³-hybridized carbons (Fsp3) is 0.250. The Bertz CT molecular complexity index is 656. The molecule has 8 heteroatoms. The molecule has 1 aromatic carbocycles. The molecule has 1 heterocycles. The fourth-order valence-electron chi connectivity index (χ4n) is 1.58. The van der Waals surface area contributed by atoms with Crippen molar-refractivity contribution in [1.29, 1.82) is 0 Å². The number of rotatable bonds is 6. The summed E-state index contributed by atoms with van der Waals surface area (Å²) in [6.07, 6.45) is -0.389. The number of aromatic nitrogens is 1. The molecule has 0 aliphatic carbocycles. The van der Waals surface area contributed by atoms with Crippen molar-refractivity contribution in [2.75, 3.05) is 11.5 Å². The molecular formula is C12H12N2O4S2. The summed E-state index contributed by atoms with van der Waals surface area (Å²) in [7, 11) is 0. The quantitative estimate of drug-likeness (QED) is 0.553. The number of nitrogens with two attached hydrogens (primary N) is 1. The standard InChI is InChI=1S/C12H12N2O4S2/c13-7-1-2-8-9(4-7)20-12(14-8)19-5-6(11(17)18)3-10(15)16/h1-2,4,6H,3,5,13H2,(H,15,16)(H,17,18). The number of carboxylic acids is 2. The highest BCUT2D eigenvalue weighted by Crippen LogP contribution is 2.32. The summed E-state index contributed by atoms with van der Waals surface area (Å²) in [5.41, 5.74) is 7.13. The number of hydrogen-bond donors (Lipinski definition) is 3. The summed E-state index contributed by atoms with van der Waals surface area (Å²) in [6, 6.07) is 5.36. The first kappa shape index (κ1) is 14.6. The Kier molecular flexibility index (Phi) is 4.46. The first-order valence-corrected chi connectivity index (χ1v) is 7.49. The minimum atomic E-state index is -1.12. The van der Waals surface area contributed by atoms with Gasteiger partial charge in [-0.15, -0.1) is 11.3 Å². The first-order valence-electron chi connectivity index (χ1n) is 5.69. The average Bonchev–Trinajstić information content (AvgIpc) is 2.75. The predicted molar refractivity (Wildman–Crippen MR) is 78.1 cm³/mol. The van der Waals surface area contributed by atoms with Crippen LogP contribution in [0.2, 0.25) is 0 Å². The second kappa shape index (κ2) is 6.10. The molecule has 0 saturated carbocycles. The maximum absolute atomic E-state index is 11.0. The number of nitrogen functional groups attached to an aromatic ring is 1. The van der Waals surface area contributed by atoms with E-state index in [0.29, 0.717) is 10.0 Å². The molecule has 2 rings (SSSR count). The van der Waals surface area contributed by atoms with E-state index in [1.165, 1.54) is 23.1 Å². The van der Waals surface area contributed by atoms with Gasteiger partial charge in [0.05, 0.1) is 22.6 Å². The Morgan fingerprint density at radius 3 is 2.80 bits per heavy atom. The number of thioether (sulfide) groups is 1. The van der Waals surface area contributed by atoms with Crippen LogP contribution in [0.5, 0.6) is 0 Å². The topological polar surface area (TPSA) is 114 Å². The van der Waals surface area contributed by atoms with Gasteiger partial charge in [0.25, 0.3) is 0 Å². The van der Waals surface area contributed by atoms with Gasteiger partial charge in [0.2, 0.25) is 0 Å². The van der Waals surface area contributed by atoms with Crippen LogP contribution in [0.4, 0.5) is 5.69 Å². The van der Waals surface area contributed by atoms with Crippen LogP contribution in [-0.4, -0.2) is 32.9 Å². The summed E-state index contributed by atoms with van der Waals surface area (Å²) < 4.78 is 1.64. The van der Waals surface area contributed by atoms with Gasteiger partial charge in [-0.2, -0.15) is 0 Å². The summed E-state index contributed by atoms with van der Waals surface area (Å²) in [4.78, 5) is 25.9. The van der Waals surface area contributed by atoms with E-state index in [-0.39, 0.29) is 12.2 Å². The molecule has 2 aromatic rings. The number of nitrogens with zero attached hydrogens (tertiary/aromatic N) is 1. The number of carboxylic acid groups (broad SMARTS) is 2. The van der Waals surface area contributed by atoms with Gasteiger partial charge in [0.1, 0.15) is 0 Å². The first-order chi connectivity index (χ1) is 9.45. The number of hydrogen-bond acceptors (Lipinski definition) is 6. The molecule has 0 spiro atoms. The predicted octanol–water partition coefficient (Wildman–Crippen LogP) is 2.15. The average molecular weight is 312 g/mol. The Morgan fingerprint density at radius 1 is 1.40 bits per heavy atom. The van der Waals surface area contributed by atoms with Crippen molar-refractivity contribution in [3.8, 4) is 0 Å². The SMILES string of the molecule is Nc1ccc2nc(SCC(CC(=O)O)C(=O)O)sc2c1. The number of benzene rings is 1. The molecule has 0 bridgehead atoms. The molecule has 6 nitrogen and oxygen atoms in total. The van der Waals surface area contributed by atoms with Gasteiger partial charge < -0.3 is 15.9 Å². The van der Waals surface area contributed by atoms with Crippen LogP contribution < -0.4 is 5.73 Å². The zero-order chi connectivity index (χ0) is 14.7. The van der Waals surface area contributed by atoms with E-state index in [0.717, 1.165) is 10.2 Å². The van der Waals surface area contributed by atoms with Gasteiger partial charge >= 0.3 is 11.9 Å². The van der Waals surface area contributed by atoms with Crippen molar-refractivity contribution in [2.45, 2.75) is 10.8 Å². The van der Waals surface area contributed by atoms with Crippen molar-refractivity contribution >= 4 is 50.9 Å². The molecule has 0 amide bonds. The number of aliphatic carboxylic acids is 2. The highest BCUT2D eigenvalue weighted by molar-refractivity contribution is 8.01. The number of thiazole rings is 1. The van der Waals surface area contributed by atoms with E-state index in [1.807, 2.05) is 6.07 Å². The van der Waals surface area contributed by atoms with Gasteiger partial charge in [0.15, 0.2) is 4.34 Å². The maximum atomic E-state index is 11.0. The molecule has 1 atom stereocenters. The normalized spacial score (nSPS) is 12.4. The Morgan fingerprint density at radius 2 is 2.15 bits per heavy atom. The monoisotopic (exact) mass is 312 g/mol. The number of fused-ring (bicyclic) bond motifs is 1. The maximum Gasteiger partial charge on any atom is 0.307 e. The van der Waals surface area contributed by atoms with E-state index < -0.39 is 17.9 Å².